The van der Waals surface area contributed by atoms with E-state index in [1.165, 1.54) is 19.2 Å². The maximum atomic E-state index is 13.0. The zero-order chi connectivity index (χ0) is 17.0. The first-order chi connectivity index (χ1) is 10.9. The van der Waals surface area contributed by atoms with Gasteiger partial charge in [0.1, 0.15) is 5.82 Å². The first-order valence-corrected chi connectivity index (χ1v) is 7.88. The molecule has 1 aromatic carbocycles. The van der Waals surface area contributed by atoms with E-state index in [-0.39, 0.29) is 28.9 Å². The van der Waals surface area contributed by atoms with Gasteiger partial charge in [-0.1, -0.05) is 11.6 Å². The minimum Gasteiger partial charge on any atom is -0.469 e. The number of nitrogens with one attached hydrogen (secondary N) is 1. The van der Waals surface area contributed by atoms with Gasteiger partial charge in [0, 0.05) is 0 Å². The van der Waals surface area contributed by atoms with Crippen molar-refractivity contribution in [3.8, 4) is 0 Å². The van der Waals surface area contributed by atoms with Crippen LogP contribution in [0.2, 0.25) is 5.02 Å². The number of piperidine rings is 1. The van der Waals surface area contributed by atoms with Crippen molar-refractivity contribution in [1.82, 2.24) is 4.90 Å². The second-order valence-electron chi connectivity index (χ2n) is 5.62. The molecule has 1 saturated heterocycles. The van der Waals surface area contributed by atoms with Crippen LogP contribution in [0.3, 0.4) is 0 Å². The first kappa shape index (κ1) is 17.7. The van der Waals surface area contributed by atoms with E-state index >= 15 is 0 Å². The lowest BCUT2D eigenvalue weighted by molar-refractivity contribution is -0.147. The van der Waals surface area contributed by atoms with Gasteiger partial charge in [-0.2, -0.15) is 0 Å². The van der Waals surface area contributed by atoms with Gasteiger partial charge < -0.3 is 10.1 Å². The number of halogens is 2. The molecule has 1 amide bonds. The van der Waals surface area contributed by atoms with Gasteiger partial charge in [-0.05, 0) is 51.1 Å². The molecule has 1 heterocycles. The average molecular weight is 343 g/mol. The third-order valence-electron chi connectivity index (χ3n) is 4.18. The monoisotopic (exact) mass is 342 g/mol. The Morgan fingerprint density at radius 2 is 2.04 bits per heavy atom. The Morgan fingerprint density at radius 3 is 2.61 bits per heavy atom. The number of hydrogen-bond acceptors (Lipinski definition) is 4. The van der Waals surface area contributed by atoms with E-state index in [1.807, 2.05) is 4.90 Å². The summed E-state index contributed by atoms with van der Waals surface area (Å²) in [5.41, 5.74) is 0.384. The number of benzene rings is 1. The molecule has 2 rings (SSSR count). The molecule has 0 unspecified atom stereocenters. The molecule has 1 aliphatic heterocycles. The summed E-state index contributed by atoms with van der Waals surface area (Å²) in [5, 5.41) is 2.87. The summed E-state index contributed by atoms with van der Waals surface area (Å²) < 4.78 is 17.8. The van der Waals surface area contributed by atoms with E-state index in [1.54, 1.807) is 6.92 Å². The van der Waals surface area contributed by atoms with Crippen molar-refractivity contribution < 1.29 is 18.7 Å². The van der Waals surface area contributed by atoms with Crippen LogP contribution < -0.4 is 5.32 Å². The van der Waals surface area contributed by atoms with Gasteiger partial charge in [0.05, 0.1) is 29.8 Å². The molecule has 0 aliphatic carbocycles. The van der Waals surface area contributed by atoms with Crippen LogP contribution >= 0.6 is 11.6 Å². The van der Waals surface area contributed by atoms with Crippen molar-refractivity contribution in [3.05, 3.63) is 29.0 Å². The number of nitrogens with zero attached hydrogens (tertiary/aromatic N) is 1. The van der Waals surface area contributed by atoms with E-state index < -0.39 is 5.82 Å². The number of carbonyl (C=O) groups is 2. The molecule has 126 valence electrons. The van der Waals surface area contributed by atoms with E-state index in [4.69, 9.17) is 16.3 Å². The standard InChI is InChI=1S/C16H20ClFN2O3/c1-10(20-7-5-11(6-8-20)16(22)23-2)15(21)19-14-4-3-12(18)9-13(14)17/h3-4,9-11H,5-8H2,1-2H3,(H,19,21)/t10-/m0/s1. The lowest BCUT2D eigenvalue weighted by Gasteiger charge is -2.34. The Kier molecular flexibility index (Phi) is 5.96. The number of amides is 1. The fraction of sp³-hybridized carbons (Fsp3) is 0.500. The number of anilines is 1. The van der Waals surface area contributed by atoms with Gasteiger partial charge in [0.25, 0.3) is 0 Å². The van der Waals surface area contributed by atoms with Crippen molar-refractivity contribution in [2.75, 3.05) is 25.5 Å². The third-order valence-corrected chi connectivity index (χ3v) is 4.49. The van der Waals surface area contributed by atoms with E-state index in [2.05, 4.69) is 5.32 Å². The SMILES string of the molecule is COC(=O)C1CCN([C@@H](C)C(=O)Nc2ccc(F)cc2Cl)CC1. The molecule has 7 heteroatoms. The van der Waals surface area contributed by atoms with Crippen LogP contribution in [-0.4, -0.2) is 43.0 Å². The number of hydrogen-bond donors (Lipinski definition) is 1. The van der Waals surface area contributed by atoms with Gasteiger partial charge in [0.15, 0.2) is 0 Å². The van der Waals surface area contributed by atoms with E-state index in [0.717, 1.165) is 6.07 Å². The molecule has 1 atom stereocenters. The zero-order valence-electron chi connectivity index (χ0n) is 13.1. The Labute approximate surface area is 139 Å². The van der Waals surface area contributed by atoms with Gasteiger partial charge in [0.2, 0.25) is 5.91 Å². The minimum atomic E-state index is -0.453. The summed E-state index contributed by atoms with van der Waals surface area (Å²) in [4.78, 5) is 25.8. The van der Waals surface area contributed by atoms with Crippen molar-refractivity contribution in [1.29, 1.82) is 0 Å². The predicted octanol–water partition coefficient (Wildman–Crippen LogP) is 2.69. The molecule has 0 spiro atoms. The van der Waals surface area contributed by atoms with Gasteiger partial charge in [-0.3, -0.25) is 14.5 Å². The van der Waals surface area contributed by atoms with Crippen LogP contribution in [0.15, 0.2) is 18.2 Å². The highest BCUT2D eigenvalue weighted by Crippen LogP contribution is 2.24. The highest BCUT2D eigenvalue weighted by atomic mass is 35.5. The topological polar surface area (TPSA) is 58.6 Å². The molecule has 1 aromatic rings. The van der Waals surface area contributed by atoms with Crippen LogP contribution in [0.5, 0.6) is 0 Å². The second kappa shape index (κ2) is 7.75. The molecule has 1 fully saturated rings. The summed E-state index contributed by atoms with van der Waals surface area (Å²) in [6.45, 7) is 3.09. The lowest BCUT2D eigenvalue weighted by atomic mass is 9.96. The Bertz CT molecular complexity index is 589. The van der Waals surface area contributed by atoms with Crippen LogP contribution in [0.4, 0.5) is 10.1 Å². The zero-order valence-corrected chi connectivity index (χ0v) is 13.9. The fourth-order valence-electron chi connectivity index (χ4n) is 2.68. The number of likely N-dealkylation sites (tertiary alicyclic amines) is 1. The van der Waals surface area contributed by atoms with Gasteiger partial charge >= 0.3 is 5.97 Å². The van der Waals surface area contributed by atoms with Crippen LogP contribution in [0.25, 0.3) is 0 Å². The minimum absolute atomic E-state index is 0.0990. The fourth-order valence-corrected chi connectivity index (χ4v) is 2.90. The van der Waals surface area contributed by atoms with Gasteiger partial charge in [-0.15, -0.1) is 0 Å². The van der Waals surface area contributed by atoms with Gasteiger partial charge in [-0.25, -0.2) is 4.39 Å². The second-order valence-corrected chi connectivity index (χ2v) is 6.03. The van der Waals surface area contributed by atoms with Crippen molar-refractivity contribution in [2.45, 2.75) is 25.8 Å². The quantitative estimate of drug-likeness (QED) is 0.855. The highest BCUT2D eigenvalue weighted by Gasteiger charge is 2.30. The Hall–Kier alpha value is -1.66. The van der Waals surface area contributed by atoms with Crippen LogP contribution in [0.1, 0.15) is 19.8 Å². The smallest absolute Gasteiger partial charge is 0.308 e. The Balaban J connectivity index is 1.92. The Morgan fingerprint density at radius 1 is 1.39 bits per heavy atom. The third kappa shape index (κ3) is 4.42. The van der Waals surface area contributed by atoms with Crippen LogP contribution in [0, 0.1) is 11.7 Å². The van der Waals surface area contributed by atoms with Crippen molar-refractivity contribution in [2.24, 2.45) is 5.92 Å². The summed E-state index contributed by atoms with van der Waals surface area (Å²) in [6, 6.07) is 3.47. The molecule has 5 nitrogen and oxygen atoms in total. The molecule has 0 saturated carbocycles. The number of carbonyl (C=O) groups excluding carboxylic acids is 2. The summed E-state index contributed by atoms with van der Waals surface area (Å²) >= 11 is 5.91. The van der Waals surface area contributed by atoms with Crippen molar-refractivity contribution >= 4 is 29.2 Å². The molecular weight excluding hydrogens is 323 g/mol. The van der Waals surface area contributed by atoms with Crippen LogP contribution in [-0.2, 0) is 14.3 Å². The average Bonchev–Trinajstić information content (AvgIpc) is 2.56. The molecule has 0 aromatic heterocycles. The number of ether oxygens (including phenoxy) is 1. The normalized spacial score (nSPS) is 17.6. The largest absolute Gasteiger partial charge is 0.469 e. The molecular formula is C16H20ClFN2O3. The van der Waals surface area contributed by atoms with E-state index in [0.29, 0.717) is 31.6 Å². The molecule has 1 N–H and O–H groups in total. The highest BCUT2D eigenvalue weighted by molar-refractivity contribution is 6.33. The molecule has 23 heavy (non-hydrogen) atoms. The van der Waals surface area contributed by atoms with E-state index in [9.17, 15) is 14.0 Å². The first-order valence-electron chi connectivity index (χ1n) is 7.50. The summed E-state index contributed by atoms with van der Waals surface area (Å²) in [6.07, 6.45) is 1.34. The summed E-state index contributed by atoms with van der Waals surface area (Å²) in [7, 11) is 1.39. The number of esters is 1. The maximum absolute atomic E-state index is 13.0. The number of methoxy groups -OCH3 is 1. The molecule has 1 aliphatic rings. The summed E-state index contributed by atoms with van der Waals surface area (Å²) in [5.74, 6) is -0.959. The molecule has 0 radical (unpaired) electrons. The number of rotatable bonds is 4. The predicted molar refractivity (Wildman–Crippen MR) is 85.8 cm³/mol. The van der Waals surface area contributed by atoms with Crippen molar-refractivity contribution in [3.63, 3.8) is 0 Å². The molecule has 0 bridgehead atoms. The maximum Gasteiger partial charge on any atom is 0.308 e. The lowest BCUT2D eigenvalue weighted by Crippen LogP contribution is -2.47.